The second-order valence-corrected chi connectivity index (χ2v) is 6.61. The van der Waals surface area contributed by atoms with Crippen molar-refractivity contribution in [2.75, 3.05) is 0 Å². The minimum atomic E-state index is -0.529. The van der Waals surface area contributed by atoms with Crippen molar-refractivity contribution in [1.82, 2.24) is 15.6 Å². The van der Waals surface area contributed by atoms with Crippen LogP contribution in [-0.2, 0) is 22.4 Å². The van der Waals surface area contributed by atoms with E-state index in [1.807, 2.05) is 18.2 Å². The average Bonchev–Trinajstić information content (AvgIpc) is 2.88. The van der Waals surface area contributed by atoms with E-state index in [2.05, 4.69) is 41.6 Å². The average molecular weight is 325 g/mol. The fourth-order valence-corrected chi connectivity index (χ4v) is 3.06. The number of para-hydroxylation sites is 1. The van der Waals surface area contributed by atoms with Crippen LogP contribution < -0.4 is 10.6 Å². The van der Waals surface area contributed by atoms with Gasteiger partial charge >= 0.3 is 0 Å². The summed E-state index contributed by atoms with van der Waals surface area (Å²) in [5, 5.41) is 6.67. The van der Waals surface area contributed by atoms with Gasteiger partial charge in [0.2, 0.25) is 11.8 Å². The van der Waals surface area contributed by atoms with Crippen molar-refractivity contribution in [2.45, 2.75) is 45.7 Å². The lowest BCUT2D eigenvalue weighted by Gasteiger charge is -2.27. The maximum Gasteiger partial charge on any atom is 0.243 e. The molecule has 1 aromatic heterocycles. The van der Waals surface area contributed by atoms with Gasteiger partial charge in [-0.1, -0.05) is 29.8 Å². The number of aromatic amines is 1. The number of amides is 2. The zero-order chi connectivity index (χ0) is 17.3. The Hall–Kier alpha value is -2.56. The van der Waals surface area contributed by atoms with E-state index >= 15 is 0 Å². The number of hydrogen-bond acceptors (Lipinski definition) is 2. The largest absolute Gasteiger partial charge is 0.358 e. The van der Waals surface area contributed by atoms with Crippen LogP contribution in [0.5, 0.6) is 0 Å². The third-order valence-corrected chi connectivity index (χ3v) is 4.41. The zero-order valence-electron chi connectivity index (χ0n) is 14.3. The van der Waals surface area contributed by atoms with Gasteiger partial charge in [-0.2, -0.15) is 0 Å². The van der Waals surface area contributed by atoms with Crippen LogP contribution in [0.4, 0.5) is 0 Å². The minimum absolute atomic E-state index is 0.124. The molecule has 2 aromatic rings. The third kappa shape index (κ3) is 3.20. The van der Waals surface area contributed by atoms with E-state index in [0.29, 0.717) is 6.42 Å². The molecule has 0 radical (unpaired) electrons. The molecule has 1 saturated heterocycles. The first-order chi connectivity index (χ1) is 11.5. The lowest BCUT2D eigenvalue weighted by molar-refractivity contribution is -0.136. The van der Waals surface area contributed by atoms with Gasteiger partial charge in [-0.3, -0.25) is 9.59 Å². The lowest BCUT2D eigenvalue weighted by Crippen LogP contribution is -2.61. The maximum atomic E-state index is 12.2. The first kappa shape index (κ1) is 16.3. The number of allylic oxidation sites excluding steroid dienone is 2. The van der Waals surface area contributed by atoms with Crippen LogP contribution in [0, 0.1) is 0 Å². The molecule has 126 valence electrons. The van der Waals surface area contributed by atoms with Gasteiger partial charge < -0.3 is 15.6 Å². The van der Waals surface area contributed by atoms with Crippen molar-refractivity contribution < 1.29 is 9.59 Å². The molecule has 1 fully saturated rings. The van der Waals surface area contributed by atoms with Gasteiger partial charge in [0.15, 0.2) is 0 Å². The molecule has 24 heavy (non-hydrogen) atoms. The fourth-order valence-electron chi connectivity index (χ4n) is 3.06. The predicted octanol–water partition coefficient (Wildman–Crippen LogP) is 2.22. The van der Waals surface area contributed by atoms with E-state index in [1.54, 1.807) is 6.92 Å². The van der Waals surface area contributed by atoms with Crippen LogP contribution in [0.15, 0.2) is 35.9 Å². The van der Waals surface area contributed by atoms with Crippen molar-refractivity contribution in [3.05, 3.63) is 47.2 Å². The van der Waals surface area contributed by atoms with Gasteiger partial charge in [0, 0.05) is 29.4 Å². The molecule has 1 aliphatic rings. The number of rotatable bonds is 4. The highest BCUT2D eigenvalue weighted by molar-refractivity contribution is 5.97. The molecule has 5 nitrogen and oxygen atoms in total. The van der Waals surface area contributed by atoms with Gasteiger partial charge in [-0.05, 0) is 32.4 Å². The quantitative estimate of drug-likeness (QED) is 0.754. The molecule has 0 unspecified atom stereocenters. The molecule has 0 spiro atoms. The number of piperazine rings is 1. The molecule has 2 amide bonds. The van der Waals surface area contributed by atoms with Gasteiger partial charge in [-0.25, -0.2) is 0 Å². The number of carbonyl (C=O) groups is 2. The molecule has 0 saturated carbocycles. The summed E-state index contributed by atoms with van der Waals surface area (Å²) in [6.07, 6.45) is 3.43. The zero-order valence-corrected chi connectivity index (χ0v) is 14.3. The Bertz CT molecular complexity index is 815. The van der Waals surface area contributed by atoms with Crippen molar-refractivity contribution in [3.8, 4) is 0 Å². The van der Waals surface area contributed by atoms with Crippen LogP contribution in [0.25, 0.3) is 10.9 Å². The van der Waals surface area contributed by atoms with Crippen LogP contribution in [-0.4, -0.2) is 28.9 Å². The Morgan fingerprint density at radius 2 is 1.88 bits per heavy atom. The van der Waals surface area contributed by atoms with Crippen molar-refractivity contribution in [2.24, 2.45) is 0 Å². The summed E-state index contributed by atoms with van der Waals surface area (Å²) < 4.78 is 0. The SMILES string of the molecule is CC(C)=CCc1[nH]c2ccccc2c1C[C@H]1NC(=O)[C@H](C)NC1=O. The summed E-state index contributed by atoms with van der Waals surface area (Å²) in [7, 11) is 0. The molecule has 3 N–H and O–H groups in total. The fraction of sp³-hybridized carbons (Fsp3) is 0.368. The summed E-state index contributed by atoms with van der Waals surface area (Å²) in [5.41, 5.74) is 4.49. The standard InChI is InChI=1S/C19H23N3O2/c1-11(2)8-9-16-14(13-6-4-5-7-15(13)21-16)10-17-19(24)20-12(3)18(23)22-17/h4-8,12,17,21H,9-10H2,1-3H3,(H,20,24)(H,22,23)/t12-,17+/m0/s1. The Morgan fingerprint density at radius 3 is 2.62 bits per heavy atom. The Labute approximate surface area is 141 Å². The topological polar surface area (TPSA) is 74.0 Å². The van der Waals surface area contributed by atoms with Crippen molar-refractivity contribution in [3.63, 3.8) is 0 Å². The minimum Gasteiger partial charge on any atom is -0.358 e. The molecular formula is C19H23N3O2. The molecule has 1 aromatic carbocycles. The van der Waals surface area contributed by atoms with Crippen LogP contribution >= 0.6 is 0 Å². The second-order valence-electron chi connectivity index (χ2n) is 6.61. The Morgan fingerprint density at radius 1 is 1.12 bits per heavy atom. The van der Waals surface area contributed by atoms with E-state index < -0.39 is 12.1 Å². The Kier molecular flexibility index (Phi) is 4.42. The number of H-pyrrole nitrogens is 1. The molecule has 3 rings (SSSR count). The molecule has 2 heterocycles. The smallest absolute Gasteiger partial charge is 0.243 e. The predicted molar refractivity (Wildman–Crippen MR) is 94.7 cm³/mol. The molecule has 5 heteroatoms. The second kappa shape index (κ2) is 6.51. The normalized spacial score (nSPS) is 20.6. The van der Waals surface area contributed by atoms with Gasteiger partial charge in [-0.15, -0.1) is 0 Å². The highest BCUT2D eigenvalue weighted by Crippen LogP contribution is 2.25. The van der Waals surface area contributed by atoms with Gasteiger partial charge in [0.25, 0.3) is 0 Å². The highest BCUT2D eigenvalue weighted by atomic mass is 16.2. The Balaban J connectivity index is 1.95. The van der Waals surface area contributed by atoms with E-state index in [-0.39, 0.29) is 11.8 Å². The first-order valence-corrected chi connectivity index (χ1v) is 8.28. The van der Waals surface area contributed by atoms with E-state index in [4.69, 9.17) is 0 Å². The van der Waals surface area contributed by atoms with E-state index in [9.17, 15) is 9.59 Å². The van der Waals surface area contributed by atoms with Gasteiger partial charge in [0.1, 0.15) is 12.1 Å². The van der Waals surface area contributed by atoms with Gasteiger partial charge in [0.05, 0.1) is 0 Å². The van der Waals surface area contributed by atoms with Crippen LogP contribution in [0.1, 0.15) is 32.0 Å². The summed E-state index contributed by atoms with van der Waals surface area (Å²) in [6.45, 7) is 5.83. The molecular weight excluding hydrogens is 302 g/mol. The number of fused-ring (bicyclic) bond motifs is 1. The first-order valence-electron chi connectivity index (χ1n) is 8.28. The van der Waals surface area contributed by atoms with E-state index in [0.717, 1.165) is 28.6 Å². The number of carbonyl (C=O) groups excluding carboxylic acids is 2. The number of aromatic nitrogens is 1. The van der Waals surface area contributed by atoms with Crippen LogP contribution in [0.2, 0.25) is 0 Å². The molecule has 2 atom stereocenters. The summed E-state index contributed by atoms with van der Waals surface area (Å²) in [5.74, 6) is -0.258. The highest BCUT2D eigenvalue weighted by Gasteiger charge is 2.32. The van der Waals surface area contributed by atoms with Crippen molar-refractivity contribution >= 4 is 22.7 Å². The molecule has 0 bridgehead atoms. The van der Waals surface area contributed by atoms with E-state index in [1.165, 1.54) is 5.57 Å². The number of nitrogens with one attached hydrogen (secondary N) is 3. The summed E-state index contributed by atoms with van der Waals surface area (Å²) in [4.78, 5) is 27.6. The van der Waals surface area contributed by atoms with Crippen molar-refractivity contribution in [1.29, 1.82) is 0 Å². The lowest BCUT2D eigenvalue weighted by atomic mass is 9.98. The molecule has 0 aliphatic carbocycles. The number of hydrogen-bond donors (Lipinski definition) is 3. The maximum absolute atomic E-state index is 12.2. The summed E-state index contributed by atoms with van der Waals surface area (Å²) in [6, 6.07) is 7.07. The third-order valence-electron chi connectivity index (χ3n) is 4.41. The number of benzene rings is 1. The van der Waals surface area contributed by atoms with Crippen LogP contribution in [0.3, 0.4) is 0 Å². The summed E-state index contributed by atoms with van der Waals surface area (Å²) >= 11 is 0. The molecule has 1 aliphatic heterocycles. The monoisotopic (exact) mass is 325 g/mol.